The van der Waals surface area contributed by atoms with Crippen molar-refractivity contribution in [1.29, 1.82) is 0 Å². The fourth-order valence-corrected chi connectivity index (χ4v) is 5.23. The molecule has 1 atom stereocenters. The van der Waals surface area contributed by atoms with Crippen LogP contribution < -0.4 is 10.0 Å². The Morgan fingerprint density at radius 3 is 2.58 bits per heavy atom. The van der Waals surface area contributed by atoms with Gasteiger partial charge in [-0.2, -0.15) is 0 Å². The summed E-state index contributed by atoms with van der Waals surface area (Å²) in [6.45, 7) is 7.99. The van der Waals surface area contributed by atoms with Crippen molar-refractivity contribution in [3.63, 3.8) is 0 Å². The van der Waals surface area contributed by atoms with E-state index in [9.17, 15) is 8.42 Å². The highest BCUT2D eigenvalue weighted by atomic mass is 79.9. The minimum absolute atomic E-state index is 0.136. The quantitative estimate of drug-likeness (QED) is 0.710. The van der Waals surface area contributed by atoms with E-state index < -0.39 is 10.0 Å². The van der Waals surface area contributed by atoms with Crippen LogP contribution in [0.1, 0.15) is 51.3 Å². The lowest BCUT2D eigenvalue weighted by Gasteiger charge is -2.39. The fourth-order valence-electron chi connectivity index (χ4n) is 3.54. The Labute approximate surface area is 164 Å². The van der Waals surface area contributed by atoms with Crippen LogP contribution in [0.15, 0.2) is 51.8 Å². The van der Waals surface area contributed by atoms with Crippen LogP contribution in [0.4, 0.5) is 5.69 Å². The lowest BCUT2D eigenvalue weighted by Crippen LogP contribution is -2.33. The van der Waals surface area contributed by atoms with Crippen LogP contribution in [0.5, 0.6) is 0 Å². The Kier molecular flexibility index (Phi) is 5.21. The third-order valence-electron chi connectivity index (χ3n) is 4.72. The summed E-state index contributed by atoms with van der Waals surface area (Å²) in [7, 11) is -3.50. The second-order valence-corrected chi connectivity index (χ2v) is 10.5. The third-order valence-corrected chi connectivity index (χ3v) is 6.87. The molecule has 4 nitrogen and oxygen atoms in total. The van der Waals surface area contributed by atoms with Crippen molar-refractivity contribution >= 4 is 31.6 Å². The molecular weight excluding hydrogens is 412 g/mol. The van der Waals surface area contributed by atoms with Crippen LogP contribution in [-0.4, -0.2) is 14.5 Å². The van der Waals surface area contributed by atoms with Gasteiger partial charge in [-0.3, -0.25) is 0 Å². The van der Waals surface area contributed by atoms with Gasteiger partial charge >= 0.3 is 0 Å². The van der Waals surface area contributed by atoms with Crippen molar-refractivity contribution in [2.24, 2.45) is 0 Å². The average molecular weight is 437 g/mol. The Morgan fingerprint density at radius 2 is 1.92 bits per heavy atom. The molecule has 0 saturated heterocycles. The predicted octanol–water partition coefficient (Wildman–Crippen LogP) is 4.97. The average Bonchev–Trinajstić information content (AvgIpc) is 2.52. The number of hydrogen-bond donors (Lipinski definition) is 2. The number of halogens is 1. The molecule has 0 amide bonds. The first-order valence-corrected chi connectivity index (χ1v) is 11.0. The van der Waals surface area contributed by atoms with Crippen LogP contribution in [0.2, 0.25) is 0 Å². The molecule has 26 heavy (non-hydrogen) atoms. The smallest absolute Gasteiger partial charge is 0.240 e. The standard InChI is InChI=1S/C20H25BrN2O2S/c1-13(2)23-26(24,25)16-8-9-18-17(11-16)20(3,4)12-19(22-18)14-6-5-7-15(21)10-14/h5-11,13,19,22-23H,12H2,1-4H3/t19-/m0/s1. The topological polar surface area (TPSA) is 58.2 Å². The van der Waals surface area contributed by atoms with Crippen LogP contribution in [0.25, 0.3) is 0 Å². The molecule has 3 rings (SSSR count). The van der Waals surface area contributed by atoms with E-state index in [0.29, 0.717) is 4.90 Å². The van der Waals surface area contributed by atoms with Gasteiger partial charge in [0.15, 0.2) is 0 Å². The summed E-state index contributed by atoms with van der Waals surface area (Å²) in [6.07, 6.45) is 0.886. The van der Waals surface area contributed by atoms with Crippen LogP contribution in [-0.2, 0) is 15.4 Å². The summed E-state index contributed by atoms with van der Waals surface area (Å²) in [5.74, 6) is 0. The molecule has 0 aliphatic carbocycles. The SMILES string of the molecule is CC(C)NS(=O)(=O)c1ccc2c(c1)C(C)(C)C[C@@H](c1cccc(Br)c1)N2. The number of sulfonamides is 1. The molecule has 0 fully saturated rings. The Balaban J connectivity index is 1.99. The Hall–Kier alpha value is -1.37. The zero-order valence-corrected chi connectivity index (χ0v) is 17.9. The Bertz CT molecular complexity index is 923. The number of rotatable bonds is 4. The van der Waals surface area contributed by atoms with Gasteiger partial charge in [-0.1, -0.05) is 41.9 Å². The van der Waals surface area contributed by atoms with E-state index in [1.807, 2.05) is 38.1 Å². The van der Waals surface area contributed by atoms with E-state index >= 15 is 0 Å². The molecule has 0 unspecified atom stereocenters. The molecule has 0 radical (unpaired) electrons. The molecule has 0 saturated carbocycles. The van der Waals surface area contributed by atoms with Crippen LogP contribution >= 0.6 is 15.9 Å². The van der Waals surface area contributed by atoms with Gasteiger partial charge in [0.1, 0.15) is 0 Å². The normalized spacial score (nSPS) is 19.1. The summed E-state index contributed by atoms with van der Waals surface area (Å²) >= 11 is 3.54. The molecule has 1 aliphatic heterocycles. The number of benzene rings is 2. The monoisotopic (exact) mass is 436 g/mol. The van der Waals surface area contributed by atoms with Crippen molar-refractivity contribution in [3.05, 3.63) is 58.1 Å². The van der Waals surface area contributed by atoms with Crippen molar-refractivity contribution in [2.45, 2.75) is 56.5 Å². The van der Waals surface area contributed by atoms with Gasteiger partial charge < -0.3 is 5.32 Å². The van der Waals surface area contributed by atoms with Crippen molar-refractivity contribution < 1.29 is 8.42 Å². The van der Waals surface area contributed by atoms with E-state index in [2.05, 4.69) is 51.9 Å². The first-order chi connectivity index (χ1) is 12.1. The minimum Gasteiger partial charge on any atom is -0.378 e. The van der Waals surface area contributed by atoms with E-state index in [0.717, 1.165) is 22.1 Å². The van der Waals surface area contributed by atoms with Gasteiger partial charge in [-0.15, -0.1) is 0 Å². The molecule has 2 N–H and O–H groups in total. The summed E-state index contributed by atoms with van der Waals surface area (Å²) in [5, 5.41) is 3.58. The summed E-state index contributed by atoms with van der Waals surface area (Å²) in [5.41, 5.74) is 3.11. The van der Waals surface area contributed by atoms with E-state index in [-0.39, 0.29) is 17.5 Å². The zero-order valence-electron chi connectivity index (χ0n) is 15.5. The maximum atomic E-state index is 12.5. The van der Waals surface area contributed by atoms with Gasteiger partial charge in [0, 0.05) is 16.2 Å². The molecule has 0 bridgehead atoms. The third kappa shape index (κ3) is 3.97. The van der Waals surface area contributed by atoms with Gasteiger partial charge in [-0.25, -0.2) is 13.1 Å². The lowest BCUT2D eigenvalue weighted by molar-refractivity contribution is 0.426. The molecule has 1 heterocycles. The summed E-state index contributed by atoms with van der Waals surface area (Å²) in [6, 6.07) is 13.7. The lowest BCUT2D eigenvalue weighted by atomic mass is 9.74. The van der Waals surface area contributed by atoms with Gasteiger partial charge in [-0.05, 0) is 67.1 Å². The largest absolute Gasteiger partial charge is 0.378 e. The van der Waals surface area contributed by atoms with E-state index in [1.165, 1.54) is 5.56 Å². The Morgan fingerprint density at radius 1 is 1.19 bits per heavy atom. The minimum atomic E-state index is -3.50. The highest BCUT2D eigenvalue weighted by molar-refractivity contribution is 9.10. The molecule has 6 heteroatoms. The first-order valence-electron chi connectivity index (χ1n) is 8.77. The highest BCUT2D eigenvalue weighted by Gasteiger charge is 2.34. The maximum Gasteiger partial charge on any atom is 0.240 e. The maximum absolute atomic E-state index is 12.5. The van der Waals surface area contributed by atoms with Crippen LogP contribution in [0.3, 0.4) is 0 Å². The second kappa shape index (κ2) is 6.98. The molecule has 1 aliphatic rings. The molecular formula is C20H25BrN2O2S. The van der Waals surface area contributed by atoms with E-state index in [4.69, 9.17) is 0 Å². The molecule has 2 aromatic carbocycles. The highest BCUT2D eigenvalue weighted by Crippen LogP contribution is 2.44. The van der Waals surface area contributed by atoms with Crippen LogP contribution in [0, 0.1) is 0 Å². The fraction of sp³-hybridized carbons (Fsp3) is 0.400. The first kappa shape index (κ1) is 19.4. The number of anilines is 1. The van der Waals surface area contributed by atoms with Crippen molar-refractivity contribution in [3.8, 4) is 0 Å². The summed E-state index contributed by atoms with van der Waals surface area (Å²) in [4.78, 5) is 0.320. The van der Waals surface area contributed by atoms with Gasteiger partial charge in [0.2, 0.25) is 10.0 Å². The number of nitrogens with one attached hydrogen (secondary N) is 2. The number of hydrogen-bond acceptors (Lipinski definition) is 3. The van der Waals surface area contributed by atoms with Crippen molar-refractivity contribution in [2.75, 3.05) is 5.32 Å². The zero-order chi connectivity index (χ0) is 19.1. The van der Waals surface area contributed by atoms with E-state index in [1.54, 1.807) is 6.07 Å². The van der Waals surface area contributed by atoms with Gasteiger partial charge in [0.25, 0.3) is 0 Å². The second-order valence-electron chi connectivity index (χ2n) is 7.82. The molecule has 0 aromatic heterocycles. The number of fused-ring (bicyclic) bond motifs is 1. The predicted molar refractivity (Wildman–Crippen MR) is 110 cm³/mol. The van der Waals surface area contributed by atoms with Gasteiger partial charge in [0.05, 0.1) is 10.9 Å². The summed E-state index contributed by atoms with van der Waals surface area (Å²) < 4.78 is 28.8. The molecule has 2 aromatic rings. The molecule has 0 spiro atoms. The molecule has 140 valence electrons. The van der Waals surface area contributed by atoms with Crippen molar-refractivity contribution in [1.82, 2.24) is 4.72 Å².